The van der Waals surface area contributed by atoms with Crippen LogP contribution in [0, 0.1) is 6.92 Å². The summed E-state index contributed by atoms with van der Waals surface area (Å²) >= 11 is 1.34. The summed E-state index contributed by atoms with van der Waals surface area (Å²) in [6.45, 7) is 1.83. The van der Waals surface area contributed by atoms with Crippen LogP contribution in [0.2, 0.25) is 0 Å². The third kappa shape index (κ3) is 1.57. The molecule has 0 amide bonds. The molecule has 0 aliphatic rings. The molecule has 0 saturated carbocycles. The van der Waals surface area contributed by atoms with Gasteiger partial charge >= 0.3 is 5.82 Å². The molecule has 6 heteroatoms. The van der Waals surface area contributed by atoms with Crippen LogP contribution in [0.3, 0.4) is 0 Å². The first-order chi connectivity index (χ1) is 8.70. The average molecular weight is 258 g/mol. The van der Waals surface area contributed by atoms with E-state index in [2.05, 4.69) is 15.1 Å². The fraction of sp³-hybridized carbons (Fsp3) is 0.167. The molecule has 0 fully saturated rings. The van der Waals surface area contributed by atoms with Gasteiger partial charge in [0.05, 0.1) is 5.39 Å². The largest absolute Gasteiger partial charge is 0.856 e. The van der Waals surface area contributed by atoms with Crippen molar-refractivity contribution >= 4 is 28.2 Å². The van der Waals surface area contributed by atoms with Crippen molar-refractivity contribution < 1.29 is 9.62 Å². The van der Waals surface area contributed by atoms with Crippen LogP contribution >= 0.6 is 11.8 Å². The van der Waals surface area contributed by atoms with Gasteiger partial charge < -0.3 is 5.11 Å². The monoisotopic (exact) mass is 258 g/mol. The van der Waals surface area contributed by atoms with Crippen molar-refractivity contribution in [2.75, 3.05) is 6.26 Å². The van der Waals surface area contributed by atoms with Gasteiger partial charge in [0, 0.05) is 12.8 Å². The first kappa shape index (κ1) is 11.2. The van der Waals surface area contributed by atoms with E-state index < -0.39 is 0 Å². The fourth-order valence-corrected chi connectivity index (χ4v) is 2.27. The van der Waals surface area contributed by atoms with Gasteiger partial charge in [-0.25, -0.2) is 4.98 Å². The van der Waals surface area contributed by atoms with Gasteiger partial charge in [-0.05, 0) is 23.4 Å². The maximum Gasteiger partial charge on any atom is 0.321 e. The molecule has 0 aliphatic heterocycles. The molecule has 1 aromatic carbocycles. The highest BCUT2D eigenvalue weighted by Gasteiger charge is 2.16. The van der Waals surface area contributed by atoms with Crippen molar-refractivity contribution in [1.29, 1.82) is 0 Å². The topological polar surface area (TPSA) is 65.8 Å². The van der Waals surface area contributed by atoms with Gasteiger partial charge in [0.2, 0.25) is 5.16 Å². The first-order valence-corrected chi connectivity index (χ1v) is 6.63. The SMILES string of the molecule is CSc1nc([O-])c2c3ccccc3nc(C)[n+]2n1. The normalized spacial score (nSPS) is 11.2. The molecule has 90 valence electrons. The minimum absolute atomic E-state index is 0.268. The lowest BCUT2D eigenvalue weighted by Crippen LogP contribution is -2.34. The number of hydrogen-bond acceptors (Lipinski definition) is 5. The maximum absolute atomic E-state index is 12.1. The molecule has 0 aliphatic carbocycles. The van der Waals surface area contributed by atoms with E-state index in [1.54, 1.807) is 4.52 Å². The third-order valence-electron chi connectivity index (χ3n) is 2.73. The molecule has 0 saturated heterocycles. The number of aromatic nitrogens is 4. The molecule has 0 unspecified atom stereocenters. The van der Waals surface area contributed by atoms with Crippen LogP contribution in [0.25, 0.3) is 16.4 Å². The minimum atomic E-state index is -0.268. The van der Waals surface area contributed by atoms with E-state index >= 15 is 0 Å². The number of thioether (sulfide) groups is 1. The predicted molar refractivity (Wildman–Crippen MR) is 66.5 cm³/mol. The van der Waals surface area contributed by atoms with E-state index in [0.29, 0.717) is 16.5 Å². The summed E-state index contributed by atoms with van der Waals surface area (Å²) in [6, 6.07) is 7.51. The van der Waals surface area contributed by atoms with E-state index in [4.69, 9.17) is 0 Å². The van der Waals surface area contributed by atoms with Gasteiger partial charge in [-0.2, -0.15) is 0 Å². The van der Waals surface area contributed by atoms with Gasteiger partial charge in [0.1, 0.15) is 0 Å². The molecule has 5 nitrogen and oxygen atoms in total. The summed E-state index contributed by atoms with van der Waals surface area (Å²) in [5.74, 6) is 0.412. The summed E-state index contributed by atoms with van der Waals surface area (Å²) < 4.78 is 1.57. The van der Waals surface area contributed by atoms with Crippen LogP contribution in [-0.4, -0.2) is 21.3 Å². The molecule has 0 N–H and O–H groups in total. The zero-order valence-corrected chi connectivity index (χ0v) is 10.7. The standard InChI is InChI=1S/C12H10N4OS/c1-7-13-9-6-4-3-5-8(9)10-11(17)14-12(18-2)15-16(7)10/h3-6H,1-2H3. The molecule has 0 atom stereocenters. The van der Waals surface area contributed by atoms with Crippen LogP contribution in [0.1, 0.15) is 5.82 Å². The zero-order chi connectivity index (χ0) is 12.7. The highest BCUT2D eigenvalue weighted by Crippen LogP contribution is 2.21. The Morgan fingerprint density at radius 1 is 1.22 bits per heavy atom. The molecule has 3 rings (SSSR count). The minimum Gasteiger partial charge on any atom is -0.856 e. The van der Waals surface area contributed by atoms with Crippen molar-refractivity contribution in [2.24, 2.45) is 0 Å². The second-order valence-electron chi connectivity index (χ2n) is 3.84. The van der Waals surface area contributed by atoms with Crippen LogP contribution in [0.4, 0.5) is 0 Å². The van der Waals surface area contributed by atoms with E-state index in [1.807, 2.05) is 37.4 Å². The molecular formula is C12H10N4OS. The maximum atomic E-state index is 12.1. The van der Waals surface area contributed by atoms with E-state index in [-0.39, 0.29) is 5.88 Å². The van der Waals surface area contributed by atoms with Crippen molar-refractivity contribution in [1.82, 2.24) is 15.1 Å². The second kappa shape index (κ2) is 4.06. The third-order valence-corrected chi connectivity index (χ3v) is 3.27. The van der Waals surface area contributed by atoms with Gasteiger partial charge in [0.15, 0.2) is 11.0 Å². The molecule has 2 aromatic heterocycles. The number of fused-ring (bicyclic) bond motifs is 3. The lowest BCUT2D eigenvalue weighted by Gasteiger charge is -2.08. The Balaban J connectivity index is 2.56. The number of nitrogens with zero attached hydrogens (tertiary/aromatic N) is 4. The van der Waals surface area contributed by atoms with E-state index in [1.165, 1.54) is 11.8 Å². The van der Waals surface area contributed by atoms with Gasteiger partial charge in [0.25, 0.3) is 0 Å². The summed E-state index contributed by atoms with van der Waals surface area (Å²) in [5, 5.41) is 17.7. The zero-order valence-electron chi connectivity index (χ0n) is 9.91. The van der Waals surface area contributed by atoms with Crippen LogP contribution in [0.15, 0.2) is 29.4 Å². The van der Waals surface area contributed by atoms with E-state index in [0.717, 1.165) is 10.9 Å². The molecule has 0 bridgehead atoms. The van der Waals surface area contributed by atoms with Crippen LogP contribution in [-0.2, 0) is 0 Å². The highest BCUT2D eigenvalue weighted by atomic mass is 32.2. The smallest absolute Gasteiger partial charge is 0.321 e. The van der Waals surface area contributed by atoms with Gasteiger partial charge in [-0.3, -0.25) is 0 Å². The Hall–Kier alpha value is -1.95. The number of aryl methyl sites for hydroxylation is 1. The number of hydrogen-bond donors (Lipinski definition) is 0. The molecule has 0 radical (unpaired) electrons. The number of benzene rings is 1. The summed E-state index contributed by atoms with van der Waals surface area (Å²) in [4.78, 5) is 8.40. The van der Waals surface area contributed by atoms with E-state index in [9.17, 15) is 5.11 Å². The van der Waals surface area contributed by atoms with Crippen LogP contribution in [0.5, 0.6) is 5.88 Å². The second-order valence-corrected chi connectivity index (χ2v) is 4.61. The quantitative estimate of drug-likeness (QED) is 0.368. The Bertz CT molecular complexity index is 760. The lowest BCUT2D eigenvalue weighted by molar-refractivity contribution is -0.598. The number of rotatable bonds is 1. The first-order valence-electron chi connectivity index (χ1n) is 5.41. The molecule has 2 heterocycles. The average Bonchev–Trinajstić information content (AvgIpc) is 2.38. The molecule has 0 spiro atoms. The summed E-state index contributed by atoms with van der Waals surface area (Å²) in [7, 11) is 0. The van der Waals surface area contributed by atoms with Crippen molar-refractivity contribution in [3.8, 4) is 5.88 Å². The van der Waals surface area contributed by atoms with Crippen LogP contribution < -0.4 is 9.62 Å². The van der Waals surface area contributed by atoms with Gasteiger partial charge in [-0.15, -0.1) is 0 Å². The molecule has 3 aromatic rings. The lowest BCUT2D eigenvalue weighted by atomic mass is 10.2. The highest BCUT2D eigenvalue weighted by molar-refractivity contribution is 7.98. The fourth-order valence-electron chi connectivity index (χ4n) is 1.93. The van der Waals surface area contributed by atoms with Crippen molar-refractivity contribution in [3.63, 3.8) is 0 Å². The Kier molecular flexibility index (Phi) is 2.52. The predicted octanol–water partition coefficient (Wildman–Crippen LogP) is 0.867. The Morgan fingerprint density at radius 2 is 2.00 bits per heavy atom. The van der Waals surface area contributed by atoms with Crippen molar-refractivity contribution in [2.45, 2.75) is 12.1 Å². The molecule has 18 heavy (non-hydrogen) atoms. The Labute approximate surface area is 108 Å². The van der Waals surface area contributed by atoms with Crippen molar-refractivity contribution in [3.05, 3.63) is 30.1 Å². The van der Waals surface area contributed by atoms with Gasteiger partial charge in [-0.1, -0.05) is 33.5 Å². The summed E-state index contributed by atoms with van der Waals surface area (Å²) in [5.41, 5.74) is 1.27. The summed E-state index contributed by atoms with van der Waals surface area (Å²) in [6.07, 6.45) is 1.84. The number of para-hydroxylation sites is 1. The molecular weight excluding hydrogens is 248 g/mol. The Morgan fingerprint density at radius 3 is 2.78 bits per heavy atom.